The first-order valence-electron chi connectivity index (χ1n) is 12.8. The van der Waals surface area contributed by atoms with Gasteiger partial charge in [-0.05, 0) is 16.7 Å². The van der Waals surface area contributed by atoms with Gasteiger partial charge in [-0.2, -0.15) is 0 Å². The maximum atomic E-state index is 10.5. The summed E-state index contributed by atoms with van der Waals surface area (Å²) in [5, 5.41) is 21.0. The molecular weight excluding hydrogens is 484 g/mol. The van der Waals surface area contributed by atoms with Gasteiger partial charge in [-0.1, -0.05) is 97.1 Å². The van der Waals surface area contributed by atoms with E-state index >= 15 is 0 Å². The van der Waals surface area contributed by atoms with E-state index in [9.17, 15) is 10.2 Å². The van der Waals surface area contributed by atoms with Crippen molar-refractivity contribution in [2.24, 2.45) is 0 Å². The molecule has 1 fully saturated rings. The normalized spacial score (nSPS) is 22.7. The van der Waals surface area contributed by atoms with Gasteiger partial charge in [0.1, 0.15) is 23.9 Å². The summed E-state index contributed by atoms with van der Waals surface area (Å²) in [6, 6.07) is 29.2. The summed E-state index contributed by atoms with van der Waals surface area (Å²) in [6.45, 7) is 3.69. The summed E-state index contributed by atoms with van der Waals surface area (Å²) in [5.41, 5.74) is 1.38. The van der Waals surface area contributed by atoms with Crippen LogP contribution in [0.5, 0.6) is 0 Å². The summed E-state index contributed by atoms with van der Waals surface area (Å²) in [6.07, 6.45) is -1.69. The summed E-state index contributed by atoms with van der Waals surface area (Å²) >= 11 is 0. The van der Waals surface area contributed by atoms with Gasteiger partial charge < -0.3 is 33.9 Å². The summed E-state index contributed by atoms with van der Waals surface area (Å²) in [7, 11) is 0. The Labute approximate surface area is 224 Å². The minimum Gasteiger partial charge on any atom is -0.393 e. The maximum absolute atomic E-state index is 10.5. The molecule has 0 aliphatic carbocycles. The summed E-state index contributed by atoms with van der Waals surface area (Å²) < 4.78 is 31.5. The SMILES string of the molecule is C=CCOC1OC(CO)(CO)[C@@H](OCc2ccccc2)[C@H](OCc2ccccc2)[C@H]1OCc1ccccc1. The molecule has 1 aliphatic rings. The second-order valence-electron chi connectivity index (χ2n) is 9.23. The Morgan fingerprint density at radius 3 is 1.55 bits per heavy atom. The van der Waals surface area contributed by atoms with Crippen LogP contribution >= 0.6 is 0 Å². The molecule has 1 heterocycles. The van der Waals surface area contributed by atoms with Gasteiger partial charge in [0, 0.05) is 0 Å². The third kappa shape index (κ3) is 7.15. The Morgan fingerprint density at radius 1 is 0.658 bits per heavy atom. The molecule has 1 saturated heterocycles. The third-order valence-corrected chi connectivity index (χ3v) is 6.52. The van der Waals surface area contributed by atoms with Gasteiger partial charge in [0.2, 0.25) is 0 Å². The van der Waals surface area contributed by atoms with Gasteiger partial charge in [0.25, 0.3) is 0 Å². The average Bonchev–Trinajstić information content (AvgIpc) is 2.98. The lowest BCUT2D eigenvalue weighted by molar-refractivity contribution is -0.363. The highest BCUT2D eigenvalue weighted by molar-refractivity contribution is 5.16. The van der Waals surface area contributed by atoms with Crippen LogP contribution in [-0.4, -0.2) is 60.2 Å². The fraction of sp³-hybridized carbons (Fsp3) is 0.355. The van der Waals surface area contributed by atoms with Gasteiger partial charge in [-0.3, -0.25) is 0 Å². The van der Waals surface area contributed by atoms with Gasteiger partial charge in [-0.15, -0.1) is 6.58 Å². The molecule has 0 bridgehead atoms. The van der Waals surface area contributed by atoms with Crippen molar-refractivity contribution in [2.75, 3.05) is 19.8 Å². The second-order valence-corrected chi connectivity index (χ2v) is 9.23. The molecule has 1 unspecified atom stereocenters. The second kappa shape index (κ2) is 14.3. The monoisotopic (exact) mass is 520 g/mol. The Morgan fingerprint density at radius 2 is 1.11 bits per heavy atom. The molecule has 38 heavy (non-hydrogen) atoms. The largest absolute Gasteiger partial charge is 0.393 e. The zero-order valence-corrected chi connectivity index (χ0v) is 21.4. The van der Waals surface area contributed by atoms with E-state index in [-0.39, 0.29) is 26.4 Å². The maximum Gasteiger partial charge on any atom is 0.187 e. The standard InChI is InChI=1S/C31H36O7/c1-2-18-34-30-28(36-20-25-14-8-4-9-15-25)27(35-19-24-12-6-3-7-13-24)29(31(22-32,23-33)38-30)37-21-26-16-10-5-11-17-26/h2-17,27-30,32-33H,1,18-23H2/t27-,28-,29+,30?/m1/s1. The van der Waals surface area contributed by atoms with Crippen molar-refractivity contribution in [3.63, 3.8) is 0 Å². The smallest absolute Gasteiger partial charge is 0.187 e. The van der Waals surface area contributed by atoms with E-state index < -0.39 is 43.4 Å². The predicted octanol–water partition coefficient (Wildman–Crippen LogP) is 4.02. The lowest BCUT2D eigenvalue weighted by Gasteiger charge is -2.51. The van der Waals surface area contributed by atoms with Crippen LogP contribution in [0.4, 0.5) is 0 Å². The van der Waals surface area contributed by atoms with Crippen LogP contribution < -0.4 is 0 Å². The van der Waals surface area contributed by atoms with Crippen molar-refractivity contribution in [3.8, 4) is 0 Å². The van der Waals surface area contributed by atoms with Crippen LogP contribution in [0, 0.1) is 0 Å². The fourth-order valence-corrected chi connectivity index (χ4v) is 4.48. The Bertz CT molecular complexity index is 1070. The molecule has 3 aromatic rings. The van der Waals surface area contributed by atoms with Crippen LogP contribution in [-0.2, 0) is 43.5 Å². The number of hydrogen-bond acceptors (Lipinski definition) is 7. The highest BCUT2D eigenvalue weighted by Gasteiger charge is 2.57. The molecule has 202 valence electrons. The lowest BCUT2D eigenvalue weighted by atomic mass is 9.87. The number of benzene rings is 3. The van der Waals surface area contributed by atoms with E-state index in [0.717, 1.165) is 16.7 Å². The summed E-state index contributed by atoms with van der Waals surface area (Å²) in [4.78, 5) is 0. The molecule has 0 amide bonds. The van der Waals surface area contributed by atoms with Crippen molar-refractivity contribution in [1.29, 1.82) is 0 Å². The summed E-state index contributed by atoms with van der Waals surface area (Å²) in [5.74, 6) is 0. The zero-order chi connectivity index (χ0) is 26.6. The molecule has 4 atom stereocenters. The Hall–Kier alpha value is -2.88. The van der Waals surface area contributed by atoms with Gasteiger partial charge in [0.05, 0.1) is 39.6 Å². The molecule has 7 heteroatoms. The quantitative estimate of drug-likeness (QED) is 0.311. The van der Waals surface area contributed by atoms with Gasteiger partial charge in [0.15, 0.2) is 6.29 Å². The topological polar surface area (TPSA) is 86.6 Å². The highest BCUT2D eigenvalue weighted by atomic mass is 16.7. The van der Waals surface area contributed by atoms with Crippen molar-refractivity contribution in [3.05, 3.63) is 120 Å². The van der Waals surface area contributed by atoms with Crippen LogP contribution in [0.3, 0.4) is 0 Å². The first kappa shape index (κ1) is 28.1. The molecule has 1 aliphatic heterocycles. The average molecular weight is 521 g/mol. The molecule has 0 spiro atoms. The molecule has 0 saturated carbocycles. The zero-order valence-electron chi connectivity index (χ0n) is 21.4. The minimum absolute atomic E-state index is 0.184. The van der Waals surface area contributed by atoms with Crippen LogP contribution in [0.15, 0.2) is 104 Å². The Balaban J connectivity index is 1.67. The molecule has 0 radical (unpaired) electrons. The molecule has 2 N–H and O–H groups in total. The number of hydrogen-bond donors (Lipinski definition) is 2. The van der Waals surface area contributed by atoms with Crippen molar-refractivity contribution in [1.82, 2.24) is 0 Å². The highest BCUT2D eigenvalue weighted by Crippen LogP contribution is 2.37. The Kier molecular flexibility index (Phi) is 10.6. The van der Waals surface area contributed by atoms with Gasteiger partial charge >= 0.3 is 0 Å². The lowest BCUT2D eigenvalue weighted by Crippen LogP contribution is -2.69. The predicted molar refractivity (Wildman–Crippen MR) is 143 cm³/mol. The minimum atomic E-state index is -1.49. The van der Waals surface area contributed by atoms with Gasteiger partial charge in [-0.25, -0.2) is 0 Å². The first-order valence-corrected chi connectivity index (χ1v) is 12.8. The molecule has 7 nitrogen and oxygen atoms in total. The van der Waals surface area contributed by atoms with E-state index in [4.69, 9.17) is 23.7 Å². The van der Waals surface area contributed by atoms with Crippen LogP contribution in [0.1, 0.15) is 16.7 Å². The van der Waals surface area contributed by atoms with Crippen LogP contribution in [0.2, 0.25) is 0 Å². The van der Waals surface area contributed by atoms with Crippen molar-refractivity contribution < 1.29 is 33.9 Å². The molecule has 3 aromatic carbocycles. The third-order valence-electron chi connectivity index (χ3n) is 6.52. The molecule has 0 aromatic heterocycles. The van der Waals surface area contributed by atoms with E-state index in [1.54, 1.807) is 6.08 Å². The number of ether oxygens (including phenoxy) is 5. The van der Waals surface area contributed by atoms with E-state index in [2.05, 4.69) is 6.58 Å². The number of aliphatic hydroxyl groups excluding tert-OH is 2. The van der Waals surface area contributed by atoms with E-state index in [0.29, 0.717) is 0 Å². The van der Waals surface area contributed by atoms with E-state index in [1.807, 2.05) is 91.0 Å². The fourth-order valence-electron chi connectivity index (χ4n) is 4.48. The van der Waals surface area contributed by atoms with Crippen molar-refractivity contribution >= 4 is 0 Å². The van der Waals surface area contributed by atoms with Crippen molar-refractivity contribution in [2.45, 2.75) is 50.0 Å². The van der Waals surface area contributed by atoms with Crippen LogP contribution in [0.25, 0.3) is 0 Å². The first-order chi connectivity index (χ1) is 18.7. The number of rotatable bonds is 14. The number of aliphatic hydroxyl groups is 2. The molecule has 4 rings (SSSR count). The van der Waals surface area contributed by atoms with E-state index in [1.165, 1.54) is 0 Å². The molecular formula is C31H36O7.